The van der Waals surface area contributed by atoms with E-state index in [4.69, 9.17) is 0 Å². The van der Waals surface area contributed by atoms with Gasteiger partial charge in [-0.05, 0) is 19.4 Å². The molecule has 130 valence electrons. The Kier molecular flexibility index (Phi) is 5.50. The molecule has 3 rings (SSSR count). The highest BCUT2D eigenvalue weighted by Gasteiger charge is 2.19. The Labute approximate surface area is 154 Å². The number of aryl methyl sites for hydroxylation is 1. The molecular weight excluding hydrogens is 354 g/mol. The SMILES string of the molecule is Cc1csc(NC(=O)[C@@H](C)Sc2nnc(Cc3ccccc3)n2C)n1. The highest BCUT2D eigenvalue weighted by Crippen LogP contribution is 2.24. The summed E-state index contributed by atoms with van der Waals surface area (Å²) < 4.78 is 1.94. The summed E-state index contributed by atoms with van der Waals surface area (Å²) in [5.41, 5.74) is 2.08. The van der Waals surface area contributed by atoms with Gasteiger partial charge in [0.05, 0.1) is 10.9 Å². The third kappa shape index (κ3) is 4.46. The van der Waals surface area contributed by atoms with Crippen LogP contribution < -0.4 is 5.32 Å². The molecule has 6 nitrogen and oxygen atoms in total. The van der Waals surface area contributed by atoms with Gasteiger partial charge in [-0.2, -0.15) is 0 Å². The molecule has 1 aromatic carbocycles. The van der Waals surface area contributed by atoms with E-state index in [2.05, 4.69) is 32.6 Å². The van der Waals surface area contributed by atoms with Crippen LogP contribution in [0, 0.1) is 6.92 Å². The Morgan fingerprint density at radius 1 is 1.32 bits per heavy atom. The molecule has 0 spiro atoms. The van der Waals surface area contributed by atoms with Crippen molar-refractivity contribution >= 4 is 34.1 Å². The fourth-order valence-electron chi connectivity index (χ4n) is 2.21. The normalized spacial score (nSPS) is 12.1. The van der Waals surface area contributed by atoms with E-state index in [1.165, 1.54) is 28.7 Å². The standard InChI is InChI=1S/C17H19N5OS2/c1-11-10-24-16(18-11)19-15(23)12(2)25-17-21-20-14(22(17)3)9-13-7-5-4-6-8-13/h4-8,10,12H,9H2,1-3H3,(H,18,19,23)/t12-/m1/s1. The van der Waals surface area contributed by atoms with Crippen molar-refractivity contribution in [1.82, 2.24) is 19.7 Å². The minimum atomic E-state index is -0.295. The second-order valence-electron chi connectivity index (χ2n) is 5.66. The average Bonchev–Trinajstić information content (AvgIpc) is 3.16. The number of thiazole rings is 1. The summed E-state index contributed by atoms with van der Waals surface area (Å²) >= 11 is 2.81. The molecule has 2 aromatic heterocycles. The number of benzene rings is 1. The van der Waals surface area contributed by atoms with Gasteiger partial charge in [-0.15, -0.1) is 21.5 Å². The maximum absolute atomic E-state index is 12.3. The molecule has 0 saturated carbocycles. The van der Waals surface area contributed by atoms with E-state index in [1.54, 1.807) is 0 Å². The second-order valence-corrected chi connectivity index (χ2v) is 7.83. The van der Waals surface area contributed by atoms with Gasteiger partial charge in [0.2, 0.25) is 5.91 Å². The first-order chi connectivity index (χ1) is 12.0. The van der Waals surface area contributed by atoms with Crippen LogP contribution in [0.2, 0.25) is 0 Å². The number of carbonyl (C=O) groups excluding carboxylic acids is 1. The van der Waals surface area contributed by atoms with Crippen LogP contribution in [0.15, 0.2) is 40.9 Å². The third-order valence-corrected chi connectivity index (χ3v) is 5.64. The molecule has 0 radical (unpaired) electrons. The lowest BCUT2D eigenvalue weighted by Crippen LogP contribution is -2.22. The van der Waals surface area contributed by atoms with E-state index in [0.717, 1.165) is 16.7 Å². The molecule has 0 fully saturated rings. The Hall–Kier alpha value is -2.19. The maximum Gasteiger partial charge on any atom is 0.239 e. The van der Waals surface area contributed by atoms with Gasteiger partial charge in [0, 0.05) is 18.8 Å². The monoisotopic (exact) mass is 373 g/mol. The zero-order chi connectivity index (χ0) is 17.8. The van der Waals surface area contributed by atoms with Crippen molar-refractivity contribution < 1.29 is 4.79 Å². The fourth-order valence-corrected chi connectivity index (χ4v) is 3.73. The van der Waals surface area contributed by atoms with E-state index < -0.39 is 0 Å². The summed E-state index contributed by atoms with van der Waals surface area (Å²) in [5, 5.41) is 14.3. The highest BCUT2D eigenvalue weighted by molar-refractivity contribution is 8.00. The Morgan fingerprint density at radius 2 is 2.08 bits per heavy atom. The lowest BCUT2D eigenvalue weighted by atomic mass is 10.1. The highest BCUT2D eigenvalue weighted by atomic mass is 32.2. The van der Waals surface area contributed by atoms with Crippen molar-refractivity contribution in [3.63, 3.8) is 0 Å². The van der Waals surface area contributed by atoms with Gasteiger partial charge in [0.15, 0.2) is 10.3 Å². The maximum atomic E-state index is 12.3. The molecule has 0 unspecified atom stereocenters. The molecule has 0 bridgehead atoms. The van der Waals surface area contributed by atoms with Gasteiger partial charge in [-0.3, -0.25) is 4.79 Å². The topological polar surface area (TPSA) is 72.7 Å². The first-order valence-corrected chi connectivity index (χ1v) is 9.60. The predicted molar refractivity (Wildman–Crippen MR) is 101 cm³/mol. The molecule has 25 heavy (non-hydrogen) atoms. The van der Waals surface area contributed by atoms with Gasteiger partial charge in [-0.1, -0.05) is 42.1 Å². The van der Waals surface area contributed by atoms with Crippen LogP contribution >= 0.6 is 23.1 Å². The number of hydrogen-bond donors (Lipinski definition) is 1. The lowest BCUT2D eigenvalue weighted by molar-refractivity contribution is -0.115. The van der Waals surface area contributed by atoms with E-state index in [-0.39, 0.29) is 11.2 Å². The molecule has 0 aliphatic rings. The van der Waals surface area contributed by atoms with Gasteiger partial charge in [0.1, 0.15) is 5.82 Å². The molecule has 3 aromatic rings. The van der Waals surface area contributed by atoms with Crippen molar-refractivity contribution in [2.75, 3.05) is 5.32 Å². The molecule has 1 N–H and O–H groups in total. The van der Waals surface area contributed by atoms with Crippen LogP contribution in [0.25, 0.3) is 0 Å². The summed E-state index contributed by atoms with van der Waals surface area (Å²) in [4.78, 5) is 16.6. The zero-order valence-electron chi connectivity index (χ0n) is 14.3. The minimum absolute atomic E-state index is 0.0908. The van der Waals surface area contributed by atoms with Crippen molar-refractivity contribution in [2.24, 2.45) is 7.05 Å². The fraction of sp³-hybridized carbons (Fsp3) is 0.294. The van der Waals surface area contributed by atoms with Crippen molar-refractivity contribution in [1.29, 1.82) is 0 Å². The predicted octanol–water partition coefficient (Wildman–Crippen LogP) is 3.29. The van der Waals surface area contributed by atoms with Crippen molar-refractivity contribution in [2.45, 2.75) is 30.7 Å². The third-order valence-electron chi connectivity index (χ3n) is 3.63. The number of carbonyl (C=O) groups is 1. The van der Waals surface area contributed by atoms with Crippen LogP contribution in [0.1, 0.15) is 24.0 Å². The number of anilines is 1. The number of hydrogen-bond acceptors (Lipinski definition) is 6. The summed E-state index contributed by atoms with van der Waals surface area (Å²) in [5.74, 6) is 0.781. The van der Waals surface area contributed by atoms with Crippen molar-refractivity contribution in [3.05, 3.63) is 52.8 Å². The second kappa shape index (κ2) is 7.79. The minimum Gasteiger partial charge on any atom is -0.309 e. The van der Waals surface area contributed by atoms with E-state index in [9.17, 15) is 4.79 Å². The molecule has 0 saturated heterocycles. The molecule has 0 aliphatic carbocycles. The lowest BCUT2D eigenvalue weighted by Gasteiger charge is -2.10. The average molecular weight is 374 g/mol. The number of thioether (sulfide) groups is 1. The molecule has 1 atom stereocenters. The van der Waals surface area contributed by atoms with Gasteiger partial charge >= 0.3 is 0 Å². The van der Waals surface area contributed by atoms with E-state index >= 15 is 0 Å². The molecule has 2 heterocycles. The van der Waals surface area contributed by atoms with E-state index in [1.807, 2.05) is 49.0 Å². The number of aromatic nitrogens is 4. The summed E-state index contributed by atoms with van der Waals surface area (Å²) in [6.07, 6.45) is 0.712. The van der Waals surface area contributed by atoms with Gasteiger partial charge in [0.25, 0.3) is 0 Å². The van der Waals surface area contributed by atoms with E-state index in [0.29, 0.717) is 11.6 Å². The zero-order valence-corrected chi connectivity index (χ0v) is 15.9. The molecule has 0 aliphatic heterocycles. The van der Waals surface area contributed by atoms with Crippen LogP contribution in [0.4, 0.5) is 5.13 Å². The van der Waals surface area contributed by atoms with Crippen LogP contribution in [-0.4, -0.2) is 30.9 Å². The van der Waals surface area contributed by atoms with Crippen LogP contribution in [-0.2, 0) is 18.3 Å². The quantitative estimate of drug-likeness (QED) is 0.671. The summed E-state index contributed by atoms with van der Waals surface area (Å²) in [6, 6.07) is 10.1. The molecule has 8 heteroatoms. The van der Waals surface area contributed by atoms with Crippen LogP contribution in [0.5, 0.6) is 0 Å². The van der Waals surface area contributed by atoms with Gasteiger partial charge < -0.3 is 9.88 Å². The first-order valence-electron chi connectivity index (χ1n) is 7.85. The largest absolute Gasteiger partial charge is 0.309 e. The Balaban J connectivity index is 1.63. The number of nitrogens with one attached hydrogen (secondary N) is 1. The Bertz CT molecular complexity index is 859. The summed E-state index contributed by atoms with van der Waals surface area (Å²) in [7, 11) is 1.93. The van der Waals surface area contributed by atoms with Crippen molar-refractivity contribution in [3.8, 4) is 0 Å². The summed E-state index contributed by atoms with van der Waals surface area (Å²) in [6.45, 7) is 3.75. The first kappa shape index (κ1) is 17.6. The van der Waals surface area contributed by atoms with Gasteiger partial charge in [-0.25, -0.2) is 4.98 Å². The molecular formula is C17H19N5OS2. The molecule has 1 amide bonds. The smallest absolute Gasteiger partial charge is 0.239 e. The van der Waals surface area contributed by atoms with Crippen LogP contribution in [0.3, 0.4) is 0 Å². The Morgan fingerprint density at radius 3 is 2.76 bits per heavy atom. The number of nitrogens with zero attached hydrogens (tertiary/aromatic N) is 4. The number of rotatable bonds is 6. The number of amides is 1.